The lowest BCUT2D eigenvalue weighted by molar-refractivity contribution is 0.379. The molecule has 6 heteroatoms. The van der Waals surface area contributed by atoms with Crippen molar-refractivity contribution in [2.45, 2.75) is 0 Å². The zero-order valence-electron chi connectivity index (χ0n) is 6.15. The van der Waals surface area contributed by atoms with Gasteiger partial charge in [-0.15, -0.1) is 5.10 Å². The average Bonchev–Trinajstić information content (AvgIpc) is 2.50. The maximum absolute atomic E-state index is 12.7. The zero-order valence-corrected chi connectivity index (χ0v) is 6.15. The minimum absolute atomic E-state index is 0.131. The van der Waals surface area contributed by atoms with Crippen LogP contribution >= 0.6 is 0 Å². The molecule has 0 aliphatic heterocycles. The van der Waals surface area contributed by atoms with Gasteiger partial charge < -0.3 is 4.74 Å². The second-order valence-corrected chi connectivity index (χ2v) is 2.04. The quantitative estimate of drug-likeness (QED) is 0.564. The highest BCUT2D eigenvalue weighted by atomic mass is 19.1. The molecular formula is C6H4FN4O. The van der Waals surface area contributed by atoms with Crippen LogP contribution in [0.2, 0.25) is 0 Å². The highest BCUT2D eigenvalue weighted by molar-refractivity contribution is 5.29. The van der Waals surface area contributed by atoms with Crippen molar-refractivity contribution < 1.29 is 9.13 Å². The van der Waals surface area contributed by atoms with Crippen molar-refractivity contribution in [3.8, 4) is 5.88 Å². The highest BCUT2D eigenvalue weighted by Gasteiger charge is 2.06. The molecule has 0 amide bonds. The number of rotatable bonds is 1. The molecule has 0 atom stereocenters. The van der Waals surface area contributed by atoms with Gasteiger partial charge in [0.25, 0.3) is 5.78 Å². The summed E-state index contributed by atoms with van der Waals surface area (Å²) >= 11 is 0. The minimum Gasteiger partial charge on any atom is -0.481 e. The Morgan fingerprint density at radius 3 is 3.25 bits per heavy atom. The SMILES string of the molecule is COc1cc(F)nc2n[c]nn12. The van der Waals surface area contributed by atoms with Crippen LogP contribution in [-0.2, 0) is 0 Å². The monoisotopic (exact) mass is 167 g/mol. The van der Waals surface area contributed by atoms with E-state index in [4.69, 9.17) is 4.74 Å². The molecule has 2 aromatic rings. The van der Waals surface area contributed by atoms with Crippen molar-refractivity contribution in [2.24, 2.45) is 0 Å². The van der Waals surface area contributed by atoms with Gasteiger partial charge in [0.05, 0.1) is 13.2 Å². The largest absolute Gasteiger partial charge is 0.481 e. The summed E-state index contributed by atoms with van der Waals surface area (Å²) in [6.07, 6.45) is 2.29. The van der Waals surface area contributed by atoms with Crippen LogP contribution in [0.5, 0.6) is 5.88 Å². The van der Waals surface area contributed by atoms with Gasteiger partial charge in [0, 0.05) is 0 Å². The lowest BCUT2D eigenvalue weighted by atomic mass is 10.6. The number of hydrogen-bond acceptors (Lipinski definition) is 4. The van der Waals surface area contributed by atoms with Crippen LogP contribution in [0.1, 0.15) is 0 Å². The van der Waals surface area contributed by atoms with E-state index in [0.717, 1.165) is 6.07 Å². The molecule has 0 fully saturated rings. The summed E-state index contributed by atoms with van der Waals surface area (Å²) in [5.41, 5.74) is 0. The van der Waals surface area contributed by atoms with E-state index >= 15 is 0 Å². The smallest absolute Gasteiger partial charge is 0.258 e. The topological polar surface area (TPSA) is 52.3 Å². The highest BCUT2D eigenvalue weighted by Crippen LogP contribution is 2.10. The summed E-state index contributed by atoms with van der Waals surface area (Å²) in [5, 5.41) is 3.66. The van der Waals surface area contributed by atoms with E-state index in [1.54, 1.807) is 0 Å². The fourth-order valence-electron chi connectivity index (χ4n) is 0.860. The number of ether oxygens (including phenoxy) is 1. The Morgan fingerprint density at radius 2 is 2.50 bits per heavy atom. The first-order valence-electron chi connectivity index (χ1n) is 3.14. The Morgan fingerprint density at radius 1 is 1.67 bits per heavy atom. The molecule has 0 saturated heterocycles. The normalized spacial score (nSPS) is 10.5. The number of aromatic nitrogens is 4. The van der Waals surface area contributed by atoms with Gasteiger partial charge in [-0.25, -0.2) is 0 Å². The molecule has 0 bridgehead atoms. The van der Waals surface area contributed by atoms with Gasteiger partial charge in [-0.1, -0.05) is 0 Å². The third-order valence-corrected chi connectivity index (χ3v) is 1.35. The molecule has 0 aliphatic carbocycles. The third kappa shape index (κ3) is 0.884. The van der Waals surface area contributed by atoms with E-state index in [2.05, 4.69) is 21.4 Å². The molecule has 2 rings (SSSR count). The first kappa shape index (κ1) is 6.96. The first-order valence-corrected chi connectivity index (χ1v) is 3.14. The van der Waals surface area contributed by atoms with Crippen LogP contribution in [0.4, 0.5) is 4.39 Å². The molecule has 0 N–H and O–H groups in total. The maximum atomic E-state index is 12.7. The van der Waals surface area contributed by atoms with Crippen molar-refractivity contribution in [1.29, 1.82) is 0 Å². The van der Waals surface area contributed by atoms with Gasteiger partial charge in [-0.3, -0.25) is 0 Å². The van der Waals surface area contributed by atoms with Gasteiger partial charge in [-0.05, 0) is 0 Å². The molecule has 0 unspecified atom stereocenters. The number of nitrogens with zero attached hydrogens (tertiary/aromatic N) is 4. The van der Waals surface area contributed by atoms with Crippen LogP contribution in [-0.4, -0.2) is 26.7 Å². The van der Waals surface area contributed by atoms with Crippen molar-refractivity contribution in [3.63, 3.8) is 0 Å². The molecule has 61 valence electrons. The van der Waals surface area contributed by atoms with Gasteiger partial charge in [-0.2, -0.15) is 18.9 Å². The fourth-order valence-corrected chi connectivity index (χ4v) is 0.860. The Kier molecular flexibility index (Phi) is 1.39. The van der Waals surface area contributed by atoms with Crippen LogP contribution in [0, 0.1) is 12.3 Å². The van der Waals surface area contributed by atoms with Crippen LogP contribution in [0.25, 0.3) is 5.78 Å². The Labute approximate surface area is 66.8 Å². The van der Waals surface area contributed by atoms with E-state index in [-0.39, 0.29) is 11.7 Å². The third-order valence-electron chi connectivity index (χ3n) is 1.35. The molecule has 0 saturated carbocycles. The van der Waals surface area contributed by atoms with Crippen molar-refractivity contribution in [1.82, 2.24) is 19.6 Å². The summed E-state index contributed by atoms with van der Waals surface area (Å²) in [5.74, 6) is -0.279. The Bertz CT molecular complexity index is 413. The van der Waals surface area contributed by atoms with Gasteiger partial charge >= 0.3 is 0 Å². The van der Waals surface area contributed by atoms with E-state index in [0.29, 0.717) is 0 Å². The fraction of sp³-hybridized carbons (Fsp3) is 0.167. The second-order valence-electron chi connectivity index (χ2n) is 2.04. The van der Waals surface area contributed by atoms with Crippen LogP contribution in [0.3, 0.4) is 0 Å². The molecule has 0 spiro atoms. The van der Waals surface area contributed by atoms with Crippen LogP contribution in [0.15, 0.2) is 6.07 Å². The summed E-state index contributed by atoms with van der Waals surface area (Å²) in [6.45, 7) is 0. The molecular weight excluding hydrogens is 163 g/mol. The zero-order chi connectivity index (χ0) is 8.55. The standard InChI is InChI=1S/C6H4FN4O/c1-12-5-2-4(7)10-6-8-3-9-11(5)6/h2H,1H3. The Hall–Kier alpha value is -1.72. The predicted molar refractivity (Wildman–Crippen MR) is 36.1 cm³/mol. The summed E-state index contributed by atoms with van der Waals surface area (Å²) in [6, 6.07) is 1.12. The van der Waals surface area contributed by atoms with Gasteiger partial charge in [0.2, 0.25) is 18.2 Å². The number of fused-ring (bicyclic) bond motifs is 1. The summed E-state index contributed by atoms with van der Waals surface area (Å²) in [7, 11) is 1.41. The minimum atomic E-state index is -0.652. The van der Waals surface area contributed by atoms with Gasteiger partial charge in [0.15, 0.2) is 0 Å². The molecule has 2 heterocycles. The predicted octanol–water partition coefficient (Wildman–Crippen LogP) is 0.0722. The van der Waals surface area contributed by atoms with E-state index in [1.165, 1.54) is 11.6 Å². The van der Waals surface area contributed by atoms with Crippen molar-refractivity contribution >= 4 is 5.78 Å². The molecule has 0 aromatic carbocycles. The molecule has 12 heavy (non-hydrogen) atoms. The summed E-state index contributed by atoms with van der Waals surface area (Å²) < 4.78 is 18.8. The maximum Gasteiger partial charge on any atom is 0.258 e. The summed E-state index contributed by atoms with van der Waals surface area (Å²) in [4.78, 5) is 7.04. The van der Waals surface area contributed by atoms with Gasteiger partial charge in [0.1, 0.15) is 0 Å². The number of methoxy groups -OCH3 is 1. The van der Waals surface area contributed by atoms with E-state index < -0.39 is 5.95 Å². The van der Waals surface area contributed by atoms with Crippen molar-refractivity contribution in [3.05, 3.63) is 18.3 Å². The molecule has 0 aliphatic rings. The first-order chi connectivity index (χ1) is 5.81. The van der Waals surface area contributed by atoms with Crippen molar-refractivity contribution in [2.75, 3.05) is 7.11 Å². The lowest BCUT2D eigenvalue weighted by Crippen LogP contribution is -1.99. The van der Waals surface area contributed by atoms with Crippen LogP contribution < -0.4 is 4.74 Å². The second kappa shape index (κ2) is 2.40. The van der Waals surface area contributed by atoms with E-state index in [9.17, 15) is 4.39 Å². The Balaban J connectivity index is 2.80. The number of halogens is 1. The van der Waals surface area contributed by atoms with E-state index in [1.807, 2.05) is 0 Å². The lowest BCUT2D eigenvalue weighted by Gasteiger charge is -1.99. The average molecular weight is 167 g/mol. The molecule has 2 aromatic heterocycles. The molecule has 5 nitrogen and oxygen atoms in total. The number of hydrogen-bond donors (Lipinski definition) is 0. The molecule has 1 radical (unpaired) electrons.